The second-order valence-corrected chi connectivity index (χ2v) is 5.58. The highest BCUT2D eigenvalue weighted by atomic mass is 16.3. The second-order valence-electron chi connectivity index (χ2n) is 5.58. The van der Waals surface area contributed by atoms with Crippen molar-refractivity contribution in [2.45, 2.75) is 26.2 Å². The van der Waals surface area contributed by atoms with Gasteiger partial charge in [-0.25, -0.2) is 4.98 Å². The molecule has 20 heavy (non-hydrogen) atoms. The number of rotatable bonds is 5. The number of aromatic nitrogens is 1. The van der Waals surface area contributed by atoms with E-state index in [1.54, 1.807) is 0 Å². The molecule has 1 aliphatic rings. The molecule has 1 aromatic carbocycles. The molecule has 1 saturated heterocycles. The van der Waals surface area contributed by atoms with E-state index in [-0.39, 0.29) is 0 Å². The Labute approximate surface area is 120 Å². The quantitative estimate of drug-likeness (QED) is 0.849. The molecule has 1 N–H and O–H groups in total. The Morgan fingerprint density at radius 3 is 2.95 bits per heavy atom. The summed E-state index contributed by atoms with van der Waals surface area (Å²) in [4.78, 5) is 6.89. The summed E-state index contributed by atoms with van der Waals surface area (Å²) in [5.74, 6) is 0.746. The standard InChI is InChI=1S/C16H23N3O/c1-13-18-15-6-5-14(12-16(15)20-13)4-2-3-9-19-10-7-17-8-11-19/h5-6,12,17H,2-4,7-11H2,1H3. The van der Waals surface area contributed by atoms with Crippen molar-refractivity contribution in [1.29, 1.82) is 0 Å². The van der Waals surface area contributed by atoms with Crippen molar-refractivity contribution in [2.75, 3.05) is 32.7 Å². The van der Waals surface area contributed by atoms with Crippen LogP contribution >= 0.6 is 0 Å². The molecule has 2 heterocycles. The lowest BCUT2D eigenvalue weighted by molar-refractivity contribution is 0.237. The lowest BCUT2D eigenvalue weighted by atomic mass is 10.1. The minimum atomic E-state index is 0.746. The van der Waals surface area contributed by atoms with Gasteiger partial charge in [-0.05, 0) is 43.5 Å². The molecule has 3 rings (SSSR count). The highest BCUT2D eigenvalue weighted by Crippen LogP contribution is 2.18. The van der Waals surface area contributed by atoms with Crippen LogP contribution in [0.2, 0.25) is 0 Å². The summed E-state index contributed by atoms with van der Waals surface area (Å²) in [5, 5.41) is 3.39. The maximum Gasteiger partial charge on any atom is 0.192 e. The van der Waals surface area contributed by atoms with Crippen LogP contribution in [0.5, 0.6) is 0 Å². The van der Waals surface area contributed by atoms with Crippen molar-refractivity contribution < 1.29 is 4.42 Å². The van der Waals surface area contributed by atoms with Crippen molar-refractivity contribution >= 4 is 11.1 Å². The Morgan fingerprint density at radius 1 is 1.25 bits per heavy atom. The fourth-order valence-electron chi connectivity index (χ4n) is 2.84. The van der Waals surface area contributed by atoms with Crippen LogP contribution in [0.1, 0.15) is 24.3 Å². The molecule has 0 spiro atoms. The number of oxazole rings is 1. The van der Waals surface area contributed by atoms with Crippen LogP contribution in [0.3, 0.4) is 0 Å². The normalized spacial score (nSPS) is 16.9. The Morgan fingerprint density at radius 2 is 2.10 bits per heavy atom. The van der Waals surface area contributed by atoms with Crippen LogP contribution in [-0.2, 0) is 6.42 Å². The molecule has 0 radical (unpaired) electrons. The summed E-state index contributed by atoms with van der Waals surface area (Å²) < 4.78 is 5.58. The SMILES string of the molecule is Cc1nc2ccc(CCCCN3CCNCC3)cc2o1. The van der Waals surface area contributed by atoms with Gasteiger partial charge in [0.1, 0.15) is 5.52 Å². The number of fused-ring (bicyclic) bond motifs is 1. The summed E-state index contributed by atoms with van der Waals surface area (Å²) in [6, 6.07) is 6.38. The lowest BCUT2D eigenvalue weighted by Crippen LogP contribution is -2.43. The second kappa shape index (κ2) is 6.37. The molecule has 1 aliphatic heterocycles. The zero-order chi connectivity index (χ0) is 13.8. The van der Waals surface area contributed by atoms with E-state index in [9.17, 15) is 0 Å². The molecule has 1 fully saturated rings. The predicted octanol–water partition coefficient (Wildman–Crippen LogP) is 2.36. The van der Waals surface area contributed by atoms with Gasteiger partial charge in [-0.1, -0.05) is 6.07 Å². The highest BCUT2D eigenvalue weighted by Gasteiger charge is 2.08. The minimum absolute atomic E-state index is 0.746. The van der Waals surface area contributed by atoms with E-state index in [4.69, 9.17) is 4.42 Å². The molecule has 4 nitrogen and oxygen atoms in total. The minimum Gasteiger partial charge on any atom is -0.441 e. The Kier molecular flexibility index (Phi) is 4.33. The number of unbranched alkanes of at least 4 members (excludes halogenated alkanes) is 1. The van der Waals surface area contributed by atoms with Crippen LogP contribution in [0.4, 0.5) is 0 Å². The fourth-order valence-corrected chi connectivity index (χ4v) is 2.84. The zero-order valence-corrected chi connectivity index (χ0v) is 12.2. The molecule has 1 aromatic heterocycles. The van der Waals surface area contributed by atoms with E-state index in [1.807, 2.05) is 6.92 Å². The summed E-state index contributed by atoms with van der Waals surface area (Å²) in [6.45, 7) is 7.80. The fraction of sp³-hybridized carbons (Fsp3) is 0.562. The number of nitrogens with zero attached hydrogens (tertiary/aromatic N) is 2. The number of piperazine rings is 1. The van der Waals surface area contributed by atoms with Crippen LogP contribution in [-0.4, -0.2) is 42.6 Å². The van der Waals surface area contributed by atoms with Crippen molar-refractivity contribution in [2.24, 2.45) is 0 Å². The number of hydrogen-bond donors (Lipinski definition) is 1. The largest absolute Gasteiger partial charge is 0.441 e. The molecule has 0 bridgehead atoms. The van der Waals surface area contributed by atoms with Crippen molar-refractivity contribution in [3.8, 4) is 0 Å². The van der Waals surface area contributed by atoms with Gasteiger partial charge in [-0.15, -0.1) is 0 Å². The van der Waals surface area contributed by atoms with E-state index >= 15 is 0 Å². The molecule has 2 aromatic rings. The third-order valence-electron chi connectivity index (χ3n) is 3.96. The van der Waals surface area contributed by atoms with E-state index in [2.05, 4.69) is 33.4 Å². The molecular formula is C16H23N3O. The van der Waals surface area contributed by atoms with Gasteiger partial charge in [-0.2, -0.15) is 0 Å². The predicted molar refractivity (Wildman–Crippen MR) is 81.0 cm³/mol. The van der Waals surface area contributed by atoms with Gasteiger partial charge in [0.05, 0.1) is 0 Å². The van der Waals surface area contributed by atoms with Crippen molar-refractivity contribution in [3.63, 3.8) is 0 Å². The Balaban J connectivity index is 1.46. The van der Waals surface area contributed by atoms with Crippen molar-refractivity contribution in [3.05, 3.63) is 29.7 Å². The van der Waals surface area contributed by atoms with Gasteiger partial charge < -0.3 is 14.6 Å². The summed E-state index contributed by atoms with van der Waals surface area (Å²) in [7, 11) is 0. The molecule has 4 heteroatoms. The molecule has 0 aliphatic carbocycles. The van der Waals surface area contributed by atoms with Gasteiger partial charge in [0, 0.05) is 33.1 Å². The van der Waals surface area contributed by atoms with Gasteiger partial charge in [0.25, 0.3) is 0 Å². The van der Waals surface area contributed by atoms with Crippen LogP contribution < -0.4 is 5.32 Å². The monoisotopic (exact) mass is 273 g/mol. The molecule has 0 atom stereocenters. The summed E-state index contributed by atoms with van der Waals surface area (Å²) >= 11 is 0. The van der Waals surface area contributed by atoms with Crippen LogP contribution in [0.15, 0.2) is 22.6 Å². The number of aryl methyl sites for hydroxylation is 2. The third-order valence-corrected chi connectivity index (χ3v) is 3.96. The first-order valence-corrected chi connectivity index (χ1v) is 7.60. The lowest BCUT2D eigenvalue weighted by Gasteiger charge is -2.27. The topological polar surface area (TPSA) is 41.3 Å². The first kappa shape index (κ1) is 13.6. The number of benzene rings is 1. The average Bonchev–Trinajstić information content (AvgIpc) is 2.84. The average molecular weight is 273 g/mol. The number of hydrogen-bond acceptors (Lipinski definition) is 4. The highest BCUT2D eigenvalue weighted by molar-refractivity contribution is 5.73. The summed E-state index contributed by atoms with van der Waals surface area (Å²) in [6.07, 6.45) is 3.64. The van der Waals surface area contributed by atoms with Gasteiger partial charge in [0.2, 0.25) is 0 Å². The summed E-state index contributed by atoms with van der Waals surface area (Å²) in [5.41, 5.74) is 3.24. The third kappa shape index (κ3) is 3.38. The van der Waals surface area contributed by atoms with Crippen LogP contribution in [0, 0.1) is 6.92 Å². The number of nitrogens with one attached hydrogen (secondary N) is 1. The van der Waals surface area contributed by atoms with Gasteiger partial charge in [-0.3, -0.25) is 0 Å². The Hall–Kier alpha value is -1.39. The first-order valence-electron chi connectivity index (χ1n) is 7.60. The van der Waals surface area contributed by atoms with Crippen LogP contribution in [0.25, 0.3) is 11.1 Å². The van der Waals surface area contributed by atoms with Gasteiger partial charge in [0.15, 0.2) is 11.5 Å². The van der Waals surface area contributed by atoms with E-state index in [0.29, 0.717) is 0 Å². The maximum atomic E-state index is 5.58. The zero-order valence-electron chi connectivity index (χ0n) is 12.2. The maximum absolute atomic E-state index is 5.58. The smallest absolute Gasteiger partial charge is 0.192 e. The first-order chi connectivity index (χ1) is 9.81. The molecular weight excluding hydrogens is 250 g/mol. The Bertz CT molecular complexity index is 558. The van der Waals surface area contributed by atoms with Crippen molar-refractivity contribution in [1.82, 2.24) is 15.2 Å². The molecule has 0 unspecified atom stereocenters. The van der Waals surface area contributed by atoms with E-state index in [0.717, 1.165) is 36.5 Å². The van der Waals surface area contributed by atoms with Gasteiger partial charge >= 0.3 is 0 Å². The molecule has 108 valence electrons. The van der Waals surface area contributed by atoms with E-state index < -0.39 is 0 Å². The molecule has 0 saturated carbocycles. The van der Waals surface area contributed by atoms with E-state index in [1.165, 1.54) is 38.0 Å². The molecule has 0 amide bonds.